The van der Waals surface area contributed by atoms with E-state index in [4.69, 9.17) is 0 Å². The van der Waals surface area contributed by atoms with Crippen molar-refractivity contribution in [2.45, 2.75) is 6.92 Å². The molecule has 0 saturated carbocycles. The average Bonchev–Trinajstić information content (AvgIpc) is 2.92. The lowest BCUT2D eigenvalue weighted by atomic mass is 10.3. The smallest absolute Gasteiger partial charge is 0.258 e. The second-order valence-corrected chi connectivity index (χ2v) is 4.91. The highest BCUT2D eigenvalue weighted by Crippen LogP contribution is 2.26. The van der Waals surface area contributed by atoms with Crippen LogP contribution in [0.4, 0.5) is 5.69 Å². The first-order chi connectivity index (χ1) is 8.65. The fourth-order valence-electron chi connectivity index (χ4n) is 1.67. The zero-order valence-electron chi connectivity index (χ0n) is 9.27. The van der Waals surface area contributed by atoms with Crippen LogP contribution in [0.1, 0.15) is 4.88 Å². The standard InChI is InChI=1S/C10H7N5O2S/c1-6-2-8-9(11-5-12-10(8)18-6)14-4-7(3-13-14)15(16)17/h2-5H,1H3. The Labute approximate surface area is 105 Å². The molecule has 7 nitrogen and oxygen atoms in total. The Morgan fingerprint density at radius 2 is 2.28 bits per heavy atom. The Bertz CT molecular complexity index is 748. The summed E-state index contributed by atoms with van der Waals surface area (Å²) >= 11 is 1.55. The van der Waals surface area contributed by atoms with Crippen molar-refractivity contribution >= 4 is 27.2 Å². The first kappa shape index (κ1) is 10.8. The second-order valence-electron chi connectivity index (χ2n) is 3.67. The van der Waals surface area contributed by atoms with Crippen molar-refractivity contribution in [3.05, 3.63) is 39.8 Å². The van der Waals surface area contributed by atoms with Gasteiger partial charge in [-0.15, -0.1) is 11.3 Å². The largest absolute Gasteiger partial charge is 0.307 e. The molecule has 0 fully saturated rings. The van der Waals surface area contributed by atoms with Crippen LogP contribution in [0.2, 0.25) is 0 Å². The first-order valence-electron chi connectivity index (χ1n) is 5.06. The lowest BCUT2D eigenvalue weighted by Crippen LogP contribution is -1.98. The average molecular weight is 261 g/mol. The molecule has 0 saturated heterocycles. The van der Waals surface area contributed by atoms with Crippen molar-refractivity contribution in [2.75, 3.05) is 0 Å². The number of nitrogens with zero attached hydrogens (tertiary/aromatic N) is 5. The number of thiophene rings is 1. The molecule has 18 heavy (non-hydrogen) atoms. The normalized spacial score (nSPS) is 10.9. The number of hydrogen-bond acceptors (Lipinski definition) is 6. The van der Waals surface area contributed by atoms with Crippen LogP contribution < -0.4 is 0 Å². The topological polar surface area (TPSA) is 86.7 Å². The van der Waals surface area contributed by atoms with Gasteiger partial charge in [0.1, 0.15) is 23.6 Å². The Morgan fingerprint density at radius 3 is 3.00 bits per heavy atom. The maximum atomic E-state index is 10.6. The summed E-state index contributed by atoms with van der Waals surface area (Å²) in [7, 11) is 0. The van der Waals surface area contributed by atoms with E-state index in [1.54, 1.807) is 11.3 Å². The third kappa shape index (κ3) is 1.63. The van der Waals surface area contributed by atoms with Gasteiger partial charge in [-0.3, -0.25) is 10.1 Å². The molecule has 3 rings (SSSR count). The SMILES string of the molecule is Cc1cc2c(-n3cc([N+](=O)[O-])cn3)ncnc2s1. The molecule has 0 aliphatic carbocycles. The fraction of sp³-hybridized carbons (Fsp3) is 0.100. The van der Waals surface area contributed by atoms with Crippen LogP contribution in [0.3, 0.4) is 0 Å². The molecule has 0 bridgehead atoms. The van der Waals surface area contributed by atoms with Crippen molar-refractivity contribution in [1.29, 1.82) is 0 Å². The van der Waals surface area contributed by atoms with E-state index in [0.717, 1.165) is 15.1 Å². The molecule has 0 spiro atoms. The lowest BCUT2D eigenvalue weighted by Gasteiger charge is -1.99. The molecule has 0 N–H and O–H groups in total. The number of aromatic nitrogens is 4. The molecule has 0 aromatic carbocycles. The summed E-state index contributed by atoms with van der Waals surface area (Å²) in [4.78, 5) is 20.4. The van der Waals surface area contributed by atoms with E-state index < -0.39 is 4.92 Å². The summed E-state index contributed by atoms with van der Waals surface area (Å²) in [6.45, 7) is 1.97. The molecule has 3 heterocycles. The van der Waals surface area contributed by atoms with Crippen LogP contribution in [0.15, 0.2) is 24.8 Å². The predicted molar refractivity (Wildman–Crippen MR) is 65.9 cm³/mol. The van der Waals surface area contributed by atoms with Gasteiger partial charge in [-0.1, -0.05) is 0 Å². The van der Waals surface area contributed by atoms with Gasteiger partial charge in [-0.2, -0.15) is 5.10 Å². The van der Waals surface area contributed by atoms with Gasteiger partial charge in [0.15, 0.2) is 5.82 Å². The van der Waals surface area contributed by atoms with E-state index in [9.17, 15) is 10.1 Å². The molecule has 3 aromatic rings. The van der Waals surface area contributed by atoms with Gasteiger partial charge >= 0.3 is 5.69 Å². The van der Waals surface area contributed by atoms with E-state index in [2.05, 4.69) is 15.1 Å². The van der Waals surface area contributed by atoms with Crippen molar-refractivity contribution in [3.63, 3.8) is 0 Å². The summed E-state index contributed by atoms with van der Waals surface area (Å²) in [5.41, 5.74) is -0.0614. The van der Waals surface area contributed by atoms with Crippen LogP contribution in [0, 0.1) is 17.0 Å². The monoisotopic (exact) mass is 261 g/mol. The molecule has 0 amide bonds. The van der Waals surface area contributed by atoms with Crippen LogP contribution in [0.5, 0.6) is 0 Å². The molecule has 0 unspecified atom stereocenters. The summed E-state index contributed by atoms with van der Waals surface area (Å²) < 4.78 is 1.40. The quantitative estimate of drug-likeness (QED) is 0.520. The van der Waals surface area contributed by atoms with Crippen LogP contribution in [0.25, 0.3) is 16.0 Å². The third-order valence-corrected chi connectivity index (χ3v) is 3.39. The van der Waals surface area contributed by atoms with Crippen LogP contribution in [-0.2, 0) is 0 Å². The third-order valence-electron chi connectivity index (χ3n) is 2.43. The first-order valence-corrected chi connectivity index (χ1v) is 5.87. The number of nitro groups is 1. The predicted octanol–water partition coefficient (Wildman–Crippen LogP) is 2.09. The summed E-state index contributed by atoms with van der Waals surface area (Å²) in [6, 6.07) is 1.95. The molecule has 0 radical (unpaired) electrons. The highest BCUT2D eigenvalue weighted by molar-refractivity contribution is 7.18. The van der Waals surface area contributed by atoms with Gasteiger partial charge in [-0.25, -0.2) is 14.6 Å². The molecule has 0 aliphatic heterocycles. The molecular formula is C10H7N5O2S. The molecule has 8 heteroatoms. The minimum atomic E-state index is -0.485. The number of aryl methyl sites for hydroxylation is 1. The Morgan fingerprint density at radius 1 is 1.44 bits per heavy atom. The van der Waals surface area contributed by atoms with Crippen molar-refractivity contribution in [3.8, 4) is 5.82 Å². The zero-order valence-corrected chi connectivity index (χ0v) is 10.1. The van der Waals surface area contributed by atoms with Gasteiger partial charge in [0.05, 0.1) is 10.3 Å². The van der Waals surface area contributed by atoms with Gasteiger partial charge < -0.3 is 0 Å². The molecule has 0 atom stereocenters. The summed E-state index contributed by atoms with van der Waals surface area (Å²) in [5, 5.41) is 15.4. The summed E-state index contributed by atoms with van der Waals surface area (Å²) in [5.74, 6) is 0.553. The summed E-state index contributed by atoms with van der Waals surface area (Å²) in [6.07, 6.45) is 3.98. The molecular weight excluding hydrogens is 254 g/mol. The Kier molecular flexibility index (Phi) is 2.30. The van der Waals surface area contributed by atoms with Gasteiger partial charge in [-0.05, 0) is 13.0 Å². The maximum absolute atomic E-state index is 10.6. The zero-order chi connectivity index (χ0) is 12.7. The van der Waals surface area contributed by atoms with Crippen LogP contribution in [-0.4, -0.2) is 24.7 Å². The number of fused-ring (bicyclic) bond motifs is 1. The number of rotatable bonds is 2. The van der Waals surface area contributed by atoms with Crippen molar-refractivity contribution in [1.82, 2.24) is 19.7 Å². The maximum Gasteiger partial charge on any atom is 0.307 e. The van der Waals surface area contributed by atoms with E-state index in [1.165, 1.54) is 23.4 Å². The van der Waals surface area contributed by atoms with Crippen molar-refractivity contribution < 1.29 is 4.92 Å². The number of hydrogen-bond donors (Lipinski definition) is 0. The molecule has 0 aliphatic rings. The molecule has 3 aromatic heterocycles. The van der Waals surface area contributed by atoms with Gasteiger partial charge in [0.2, 0.25) is 0 Å². The fourth-order valence-corrected chi connectivity index (χ4v) is 2.51. The highest BCUT2D eigenvalue weighted by Gasteiger charge is 2.14. The lowest BCUT2D eigenvalue weighted by molar-refractivity contribution is -0.384. The van der Waals surface area contributed by atoms with Gasteiger partial charge in [0, 0.05) is 4.88 Å². The van der Waals surface area contributed by atoms with Crippen molar-refractivity contribution in [2.24, 2.45) is 0 Å². The van der Waals surface area contributed by atoms with Gasteiger partial charge in [0.25, 0.3) is 0 Å². The Hall–Kier alpha value is -2.35. The van der Waals surface area contributed by atoms with Crippen LogP contribution >= 0.6 is 11.3 Å². The second kappa shape index (κ2) is 3.84. The molecule has 90 valence electrons. The van der Waals surface area contributed by atoms with E-state index >= 15 is 0 Å². The van der Waals surface area contributed by atoms with E-state index in [-0.39, 0.29) is 5.69 Å². The minimum Gasteiger partial charge on any atom is -0.258 e. The van der Waals surface area contributed by atoms with E-state index in [0.29, 0.717) is 5.82 Å². The highest BCUT2D eigenvalue weighted by atomic mass is 32.1. The van der Waals surface area contributed by atoms with E-state index in [1.807, 2.05) is 13.0 Å². The minimum absolute atomic E-state index is 0.0614. The Balaban J connectivity index is 2.21.